The number of nitrogens with one attached hydrogen (secondary N) is 1. The van der Waals surface area contributed by atoms with Crippen molar-refractivity contribution in [2.45, 2.75) is 37.5 Å². The van der Waals surface area contributed by atoms with Gasteiger partial charge in [0.2, 0.25) is 0 Å². The van der Waals surface area contributed by atoms with Crippen LogP contribution >= 0.6 is 31.9 Å². The molecule has 6 rings (SSSR count). The second-order valence-corrected chi connectivity index (χ2v) is 13.0. The second-order valence-electron chi connectivity index (χ2n) is 11.2. The molecule has 1 radical (unpaired) electrons. The van der Waals surface area contributed by atoms with Crippen molar-refractivity contribution in [3.8, 4) is 12.1 Å². The van der Waals surface area contributed by atoms with Gasteiger partial charge in [0.15, 0.2) is 0 Å². The second kappa shape index (κ2) is 29.3. The van der Waals surface area contributed by atoms with E-state index < -0.39 is 7.12 Å². The summed E-state index contributed by atoms with van der Waals surface area (Å²) >= 11 is 6.71. The molecule has 269 valence electrons. The summed E-state index contributed by atoms with van der Waals surface area (Å²) in [5.74, 6) is 1.30. The van der Waals surface area contributed by atoms with Gasteiger partial charge in [-0.2, -0.15) is 10.5 Å². The topological polar surface area (TPSA) is 103 Å². The number of piperidine rings is 2. The minimum absolute atomic E-state index is 0. The number of benzene rings is 4. The Labute approximate surface area is 374 Å². The maximum Gasteiger partial charge on any atom is 0.488 e. The third-order valence-electron chi connectivity index (χ3n) is 8.22. The maximum absolute atomic E-state index is 8.86. The molecule has 0 bridgehead atoms. The zero-order chi connectivity index (χ0) is 32.0. The molecule has 51 heavy (non-hydrogen) atoms. The average Bonchev–Trinajstić information content (AvgIpc) is 3.10. The third kappa shape index (κ3) is 18.2. The first-order valence-electron chi connectivity index (χ1n) is 15.2. The number of anilines is 1. The molecule has 2 aliphatic heterocycles. The Hall–Kier alpha value is -1.11. The van der Waals surface area contributed by atoms with E-state index in [0.717, 1.165) is 46.3 Å². The van der Waals surface area contributed by atoms with E-state index in [1.807, 2.05) is 24.3 Å². The number of nitriles is 2. The van der Waals surface area contributed by atoms with Crippen molar-refractivity contribution in [3.63, 3.8) is 0 Å². The monoisotopic (exact) mass is 1240 g/mol. The first kappa shape index (κ1) is 54.2. The predicted molar refractivity (Wildman–Crippen MR) is 209 cm³/mol. The Balaban J connectivity index is -0.000000680. The molecule has 0 atom stereocenters. The van der Waals surface area contributed by atoms with Crippen LogP contribution in [0.3, 0.4) is 0 Å². The van der Waals surface area contributed by atoms with Crippen LogP contribution in [0.1, 0.15) is 59.8 Å². The minimum atomic E-state index is -1.37. The zero-order valence-electron chi connectivity index (χ0n) is 29.5. The largest absolute Gasteiger partial charge is 0.488 e. The van der Waals surface area contributed by atoms with Crippen molar-refractivity contribution in [1.29, 1.82) is 10.5 Å². The van der Waals surface area contributed by atoms with E-state index in [1.165, 1.54) is 42.5 Å². The van der Waals surface area contributed by atoms with Crippen molar-refractivity contribution in [2.24, 2.45) is 0 Å². The maximum atomic E-state index is 8.86. The van der Waals surface area contributed by atoms with Crippen molar-refractivity contribution < 1.29 is 80.8 Å². The Kier molecular flexibility index (Phi) is 31.1. The predicted octanol–water partition coefficient (Wildman–Crippen LogP) is 8.20. The quantitative estimate of drug-likeness (QED) is 0.141. The van der Waals surface area contributed by atoms with Gasteiger partial charge in [0.25, 0.3) is 0 Å². The Bertz CT molecular complexity index is 1560. The molecule has 2 aliphatic rings. The van der Waals surface area contributed by atoms with Crippen LogP contribution in [0, 0.1) is 76.1 Å². The van der Waals surface area contributed by atoms with Gasteiger partial charge in [0, 0.05) is 98.5 Å². The van der Waals surface area contributed by atoms with Crippen molar-refractivity contribution in [2.75, 3.05) is 31.1 Å². The number of hydrogen-bond donors (Lipinski definition) is 3. The van der Waals surface area contributed by atoms with Crippen LogP contribution in [0.4, 0.5) is 5.69 Å². The Morgan fingerprint density at radius 3 is 1.37 bits per heavy atom. The molecule has 2 fully saturated rings. The first-order valence-corrected chi connectivity index (χ1v) is 16.8. The van der Waals surface area contributed by atoms with E-state index in [9.17, 15) is 0 Å². The first-order chi connectivity index (χ1) is 21.9. The summed E-state index contributed by atoms with van der Waals surface area (Å²) in [7, 11) is -1.37. The summed E-state index contributed by atoms with van der Waals surface area (Å²) in [6.45, 7) is 4.41. The van der Waals surface area contributed by atoms with E-state index in [2.05, 4.69) is 103 Å². The summed E-state index contributed by atoms with van der Waals surface area (Å²) in [6.07, 6.45) is 4.77. The third-order valence-corrected chi connectivity index (χ3v) is 9.27. The molecule has 3 N–H and O–H groups in total. The minimum Gasteiger partial charge on any atom is -0.423 e. The van der Waals surface area contributed by atoms with Crippen molar-refractivity contribution in [1.82, 2.24) is 5.32 Å². The SMILES string of the molecule is N#Cc1ccc(C2CCN(c3ccc(Br)cc3)CC2)cc1.N#Cc1ccc(C2CCNCC2)cc1.OB(O)c1ccc(Br)cc1.[CH3-].[CH3-].[CH3-].[U].[V].[W]. The summed E-state index contributed by atoms with van der Waals surface area (Å²) in [6, 6.07) is 35.8. The van der Waals surface area contributed by atoms with E-state index >= 15 is 0 Å². The molecular formula is C39H46BBr2N4O2UVW-3. The molecule has 4 aromatic carbocycles. The van der Waals surface area contributed by atoms with E-state index in [0.29, 0.717) is 17.3 Å². The smallest absolute Gasteiger partial charge is 0.423 e. The van der Waals surface area contributed by atoms with Crippen LogP contribution in [0.5, 0.6) is 0 Å². The van der Waals surface area contributed by atoms with Crippen LogP contribution in [-0.4, -0.2) is 43.3 Å². The van der Waals surface area contributed by atoms with Crippen LogP contribution in [0.25, 0.3) is 0 Å². The fourth-order valence-corrected chi connectivity index (χ4v) is 6.10. The van der Waals surface area contributed by atoms with Crippen LogP contribution in [-0.2, 0) is 39.6 Å². The standard InChI is InChI=1S/C18H17BrN2.C12H14N2.C6H6BBrO2.3CH3.U.V.W/c19-17-5-7-18(8-6-17)21-11-9-16(10-12-21)15-3-1-14(13-20)2-4-15;13-9-10-1-3-11(4-2-10)12-5-7-14-8-6-12;8-6-3-1-5(2-4-6)7(9)10;;;;;;/h1-8,16H,9-12H2;1-4,12,14H,5-8H2;1-4,9-10H;3*1H3;;;/q;;;3*-1;;;. The fourth-order valence-electron chi connectivity index (χ4n) is 5.57. The molecule has 0 saturated carbocycles. The summed E-state index contributed by atoms with van der Waals surface area (Å²) in [5, 5.41) is 38.2. The molecule has 0 aliphatic carbocycles. The number of hydrogen-bond acceptors (Lipinski definition) is 6. The summed E-state index contributed by atoms with van der Waals surface area (Å²) in [4.78, 5) is 2.45. The van der Waals surface area contributed by atoms with E-state index in [1.54, 1.807) is 24.3 Å². The van der Waals surface area contributed by atoms with Gasteiger partial charge < -0.3 is 42.5 Å². The molecular weight excluding hydrogens is 1200 g/mol. The molecule has 6 nitrogen and oxygen atoms in total. The normalized spacial score (nSPS) is 13.2. The van der Waals surface area contributed by atoms with Crippen molar-refractivity contribution in [3.05, 3.63) is 151 Å². The van der Waals surface area contributed by atoms with Gasteiger partial charge in [-0.25, -0.2) is 0 Å². The molecule has 2 saturated heterocycles. The summed E-state index contributed by atoms with van der Waals surface area (Å²) in [5.41, 5.74) is 6.04. The number of nitrogens with zero attached hydrogens (tertiary/aromatic N) is 3. The Morgan fingerprint density at radius 2 is 1.00 bits per heavy atom. The van der Waals surface area contributed by atoms with Crippen LogP contribution in [0.15, 0.2) is 106 Å². The van der Waals surface area contributed by atoms with Gasteiger partial charge in [-0.15, -0.1) is 0 Å². The van der Waals surface area contributed by atoms with Gasteiger partial charge in [0.05, 0.1) is 23.3 Å². The van der Waals surface area contributed by atoms with E-state index in [-0.39, 0.29) is 93.0 Å². The zero-order valence-corrected chi connectivity index (χ0v) is 41.1. The molecule has 12 heteroatoms. The number of halogens is 2. The molecule has 0 spiro atoms. The molecule has 2 heterocycles. The van der Waals surface area contributed by atoms with Gasteiger partial charge in [-0.1, -0.05) is 68.3 Å². The molecule has 4 aromatic rings. The summed E-state index contributed by atoms with van der Waals surface area (Å²) < 4.78 is 2.05. The Morgan fingerprint density at radius 1 is 0.627 bits per heavy atom. The van der Waals surface area contributed by atoms with Gasteiger partial charge in [-0.3, -0.25) is 0 Å². The van der Waals surface area contributed by atoms with Crippen molar-refractivity contribution >= 4 is 50.1 Å². The van der Waals surface area contributed by atoms with E-state index in [4.69, 9.17) is 20.6 Å². The number of rotatable bonds is 4. The molecule has 0 aromatic heterocycles. The molecule has 0 unspecified atom stereocenters. The van der Waals surface area contributed by atoms with Crippen LogP contribution in [0.2, 0.25) is 0 Å². The average molecular weight is 1250 g/mol. The van der Waals surface area contributed by atoms with Gasteiger partial charge >= 0.3 is 7.12 Å². The van der Waals surface area contributed by atoms with Crippen LogP contribution < -0.4 is 15.7 Å². The van der Waals surface area contributed by atoms with Gasteiger partial charge in [0.1, 0.15) is 0 Å². The fraction of sp³-hybridized carbons (Fsp3) is 0.256. The molecule has 0 amide bonds. The van der Waals surface area contributed by atoms with Gasteiger partial charge in [-0.05, 0) is 128 Å².